The van der Waals surface area contributed by atoms with E-state index in [0.717, 1.165) is 55.3 Å². The van der Waals surface area contributed by atoms with Crippen LogP contribution in [0.1, 0.15) is 11.1 Å². The molecular weight excluding hydrogens is 542 g/mol. The molecule has 4 heterocycles. The summed E-state index contributed by atoms with van der Waals surface area (Å²) >= 11 is 0. The minimum absolute atomic E-state index is 0.121. The molecule has 0 spiro atoms. The summed E-state index contributed by atoms with van der Waals surface area (Å²) < 4.78 is 4.30. The van der Waals surface area contributed by atoms with Crippen molar-refractivity contribution >= 4 is 49.8 Å². The number of hydrogen-bond acceptors (Lipinski definition) is 4. The summed E-state index contributed by atoms with van der Waals surface area (Å²) in [5.74, 6) is 0.121. The van der Waals surface area contributed by atoms with Crippen LogP contribution in [0.2, 0.25) is 0 Å². The van der Waals surface area contributed by atoms with Gasteiger partial charge >= 0.3 is 0 Å². The van der Waals surface area contributed by atoms with Gasteiger partial charge in [0.1, 0.15) is 11.5 Å². The number of hydrogen-bond donors (Lipinski definition) is 3. The van der Waals surface area contributed by atoms with Crippen LogP contribution in [0, 0.1) is 12.3 Å². The lowest BCUT2D eigenvalue weighted by Gasteiger charge is -2.07. The SMILES string of the molecule is Cc1ccccc1.N=C(N)c1ccccc1.NCn1c2cccnc2c2cc3c(nc21)c1ccccc1n3-c1ccccc1. The average Bonchev–Trinajstić information content (AvgIpc) is 3.57. The fourth-order valence-corrected chi connectivity index (χ4v) is 5.37. The van der Waals surface area contributed by atoms with E-state index in [2.05, 4.69) is 83.2 Å². The predicted molar refractivity (Wildman–Crippen MR) is 182 cm³/mol. The summed E-state index contributed by atoms with van der Waals surface area (Å²) in [5, 5.41) is 9.16. The average molecular weight is 576 g/mol. The maximum Gasteiger partial charge on any atom is 0.144 e. The molecule has 8 aromatic rings. The second kappa shape index (κ2) is 12.6. The fourth-order valence-electron chi connectivity index (χ4n) is 5.37. The van der Waals surface area contributed by atoms with E-state index in [1.54, 1.807) is 0 Å². The molecule has 7 nitrogen and oxygen atoms in total. The van der Waals surface area contributed by atoms with Gasteiger partial charge in [0.15, 0.2) is 0 Å². The lowest BCUT2D eigenvalue weighted by atomic mass is 10.2. The van der Waals surface area contributed by atoms with Gasteiger partial charge in [0.25, 0.3) is 0 Å². The van der Waals surface area contributed by atoms with Crippen molar-refractivity contribution in [3.05, 3.63) is 151 Å². The summed E-state index contributed by atoms with van der Waals surface area (Å²) in [4.78, 5) is 9.70. The zero-order valence-corrected chi connectivity index (χ0v) is 24.4. The van der Waals surface area contributed by atoms with Crippen LogP contribution in [0.5, 0.6) is 0 Å². The standard InChI is InChI=1S/C23H17N5.C7H8N2.C7H8/c24-14-27-19-11-6-12-25-21(19)17-13-20-22(26-23(17)27)16-9-4-5-10-18(16)28(20)15-7-2-1-3-8-15;8-7(9)6-4-2-1-3-5-6;1-7-5-3-2-4-6-7/h1-13H,14,24H2;1-5H,(H3,8,9);2-6H,1H3. The molecule has 0 radical (unpaired) electrons. The molecule has 0 saturated heterocycles. The number of aromatic nitrogens is 4. The summed E-state index contributed by atoms with van der Waals surface area (Å²) in [6.45, 7) is 2.45. The summed E-state index contributed by atoms with van der Waals surface area (Å²) in [6.07, 6.45) is 1.82. The number of nitrogens with one attached hydrogen (secondary N) is 1. The first-order chi connectivity index (χ1) is 21.6. The van der Waals surface area contributed by atoms with Gasteiger partial charge in [-0.05, 0) is 43.3 Å². The lowest BCUT2D eigenvalue weighted by molar-refractivity contribution is 0.782. The summed E-state index contributed by atoms with van der Waals surface area (Å²) in [5.41, 5.74) is 20.5. The Hall–Kier alpha value is -5.79. The van der Waals surface area contributed by atoms with E-state index in [1.165, 1.54) is 5.56 Å². The van der Waals surface area contributed by atoms with E-state index >= 15 is 0 Å². The molecule has 5 N–H and O–H groups in total. The molecular formula is C37H33N7. The van der Waals surface area contributed by atoms with Gasteiger partial charge in [0, 0.05) is 28.2 Å². The number of aryl methyl sites for hydroxylation is 1. The lowest BCUT2D eigenvalue weighted by Crippen LogP contribution is -2.10. The second-order valence-corrected chi connectivity index (χ2v) is 10.3. The Balaban J connectivity index is 0.000000176. The minimum atomic E-state index is 0.121. The van der Waals surface area contributed by atoms with E-state index in [0.29, 0.717) is 6.67 Å². The quantitative estimate of drug-likeness (QED) is 0.149. The molecule has 0 bridgehead atoms. The van der Waals surface area contributed by atoms with Gasteiger partial charge in [0.2, 0.25) is 0 Å². The summed E-state index contributed by atoms with van der Waals surface area (Å²) in [6, 6.07) is 44.5. The third-order valence-corrected chi connectivity index (χ3v) is 7.43. The molecule has 0 atom stereocenters. The molecule has 4 aromatic carbocycles. The first-order valence-corrected chi connectivity index (χ1v) is 14.4. The highest BCUT2D eigenvalue weighted by molar-refractivity contribution is 6.14. The van der Waals surface area contributed by atoms with E-state index in [4.69, 9.17) is 21.9 Å². The molecule has 0 fully saturated rings. The third-order valence-electron chi connectivity index (χ3n) is 7.43. The number of nitrogens with two attached hydrogens (primary N) is 2. The molecule has 0 saturated carbocycles. The predicted octanol–water partition coefficient (Wildman–Crippen LogP) is 7.56. The van der Waals surface area contributed by atoms with Gasteiger partial charge in [-0.15, -0.1) is 0 Å². The van der Waals surface area contributed by atoms with Crippen LogP contribution in [0.4, 0.5) is 0 Å². The maximum absolute atomic E-state index is 7.01. The van der Waals surface area contributed by atoms with Crippen molar-refractivity contribution < 1.29 is 0 Å². The number of rotatable bonds is 3. The van der Waals surface area contributed by atoms with Gasteiger partial charge < -0.3 is 20.6 Å². The van der Waals surface area contributed by atoms with Crippen molar-refractivity contribution in [2.24, 2.45) is 11.5 Å². The molecule has 0 unspecified atom stereocenters. The van der Waals surface area contributed by atoms with Gasteiger partial charge in [0.05, 0.1) is 34.3 Å². The van der Waals surface area contributed by atoms with Crippen LogP contribution in [0.15, 0.2) is 140 Å². The van der Waals surface area contributed by atoms with Crippen LogP contribution in [0.3, 0.4) is 0 Å². The minimum Gasteiger partial charge on any atom is -0.384 e. The summed E-state index contributed by atoms with van der Waals surface area (Å²) in [7, 11) is 0. The van der Waals surface area contributed by atoms with Crippen molar-refractivity contribution in [1.29, 1.82) is 5.41 Å². The normalized spacial score (nSPS) is 10.8. The van der Waals surface area contributed by atoms with E-state index in [1.807, 2.05) is 77.5 Å². The number of benzene rings is 4. The van der Waals surface area contributed by atoms with E-state index in [9.17, 15) is 0 Å². The van der Waals surface area contributed by atoms with Gasteiger partial charge in [-0.2, -0.15) is 0 Å². The largest absolute Gasteiger partial charge is 0.384 e. The Morgan fingerprint density at radius 1 is 0.682 bits per heavy atom. The molecule has 0 aliphatic carbocycles. The highest BCUT2D eigenvalue weighted by Crippen LogP contribution is 2.35. The molecule has 0 amide bonds. The monoisotopic (exact) mass is 575 g/mol. The molecule has 4 aromatic heterocycles. The van der Waals surface area contributed by atoms with Crippen LogP contribution in [0.25, 0.3) is 49.7 Å². The zero-order valence-electron chi connectivity index (χ0n) is 24.4. The van der Waals surface area contributed by atoms with E-state index in [-0.39, 0.29) is 5.84 Å². The number of para-hydroxylation sites is 2. The van der Waals surface area contributed by atoms with Crippen molar-refractivity contribution in [3.63, 3.8) is 0 Å². The fraction of sp³-hybridized carbons (Fsp3) is 0.0541. The van der Waals surface area contributed by atoms with Crippen molar-refractivity contribution in [1.82, 2.24) is 19.1 Å². The number of nitrogens with zero attached hydrogens (tertiary/aromatic N) is 4. The number of amidine groups is 1. The van der Waals surface area contributed by atoms with Crippen LogP contribution >= 0.6 is 0 Å². The number of fused-ring (bicyclic) bond motifs is 6. The van der Waals surface area contributed by atoms with Crippen LogP contribution in [-0.2, 0) is 6.67 Å². The van der Waals surface area contributed by atoms with Crippen LogP contribution < -0.4 is 11.5 Å². The highest BCUT2D eigenvalue weighted by atomic mass is 15.1. The molecule has 216 valence electrons. The topological polar surface area (TPSA) is 112 Å². The second-order valence-electron chi connectivity index (χ2n) is 10.3. The molecule has 7 heteroatoms. The van der Waals surface area contributed by atoms with E-state index < -0.39 is 0 Å². The zero-order chi connectivity index (χ0) is 30.5. The molecule has 0 aliphatic rings. The third kappa shape index (κ3) is 5.52. The molecule has 44 heavy (non-hydrogen) atoms. The number of nitrogen functional groups attached to an aromatic ring is 1. The highest BCUT2D eigenvalue weighted by Gasteiger charge is 2.18. The Bertz CT molecular complexity index is 2180. The first-order valence-electron chi connectivity index (χ1n) is 14.4. The van der Waals surface area contributed by atoms with Crippen molar-refractivity contribution in [3.8, 4) is 5.69 Å². The van der Waals surface area contributed by atoms with Gasteiger partial charge in [-0.3, -0.25) is 10.4 Å². The smallest absolute Gasteiger partial charge is 0.144 e. The Labute approximate surface area is 255 Å². The maximum atomic E-state index is 7.01. The van der Waals surface area contributed by atoms with Crippen molar-refractivity contribution in [2.45, 2.75) is 13.6 Å². The number of pyridine rings is 2. The van der Waals surface area contributed by atoms with Gasteiger partial charge in [-0.1, -0.05) is 103 Å². The molecule has 8 rings (SSSR count). The Kier molecular flexibility index (Phi) is 8.12. The Morgan fingerprint density at radius 2 is 1.30 bits per heavy atom. The molecule has 0 aliphatic heterocycles. The first kappa shape index (κ1) is 28.3. The van der Waals surface area contributed by atoms with Crippen LogP contribution in [-0.4, -0.2) is 24.9 Å². The van der Waals surface area contributed by atoms with Crippen molar-refractivity contribution in [2.75, 3.05) is 0 Å². The van der Waals surface area contributed by atoms with Gasteiger partial charge in [-0.25, -0.2) is 4.98 Å². The Morgan fingerprint density at radius 3 is 1.91 bits per heavy atom.